The molecule has 3 heteroatoms. The molecule has 0 atom stereocenters. The lowest BCUT2D eigenvalue weighted by atomic mass is 10.2. The van der Waals surface area contributed by atoms with Crippen LogP contribution >= 0.6 is 15.9 Å². The average Bonchev–Trinajstić information content (AvgIpc) is 2.57. The Morgan fingerprint density at radius 3 is 3.00 bits per heavy atom. The molecule has 0 aromatic carbocycles. The molecular formula is C8H9BrN2. The van der Waals surface area contributed by atoms with E-state index >= 15 is 0 Å². The first-order valence-electron chi connectivity index (χ1n) is 4.04. The fraction of sp³-hybridized carbons (Fsp3) is 0.625. The Hall–Kier alpha value is -0.310. The first-order valence-corrected chi connectivity index (χ1v) is 4.84. The van der Waals surface area contributed by atoms with Crippen molar-refractivity contribution in [3.63, 3.8) is 0 Å². The molecule has 0 radical (unpaired) electrons. The Bertz CT molecular complexity index is 312. The number of halogens is 1. The Balaban J connectivity index is 2.19. The molecule has 1 aliphatic heterocycles. The predicted octanol–water partition coefficient (Wildman–Crippen LogP) is 2.08. The number of fused-ring (bicyclic) bond motifs is 2. The van der Waals surface area contributed by atoms with Crippen LogP contribution in [0.15, 0.2) is 10.8 Å². The van der Waals surface area contributed by atoms with Crippen LogP contribution in [-0.4, -0.2) is 9.55 Å². The van der Waals surface area contributed by atoms with E-state index in [4.69, 9.17) is 0 Å². The monoisotopic (exact) mass is 212 g/mol. The number of hydrogen-bond donors (Lipinski definition) is 0. The minimum atomic E-state index is 0.522. The molecule has 3 rings (SSSR count). The fourth-order valence-corrected chi connectivity index (χ4v) is 2.48. The third kappa shape index (κ3) is 0.696. The van der Waals surface area contributed by atoms with Crippen molar-refractivity contribution >= 4 is 15.9 Å². The zero-order valence-electron chi connectivity index (χ0n) is 6.18. The molecule has 0 bridgehead atoms. The molecule has 11 heavy (non-hydrogen) atoms. The van der Waals surface area contributed by atoms with E-state index < -0.39 is 0 Å². The third-order valence-corrected chi connectivity index (χ3v) is 3.28. The van der Waals surface area contributed by atoms with Gasteiger partial charge >= 0.3 is 0 Å². The molecule has 0 N–H and O–H groups in total. The maximum absolute atomic E-state index is 4.41. The summed E-state index contributed by atoms with van der Waals surface area (Å²) >= 11 is 3.41. The van der Waals surface area contributed by atoms with Crippen molar-refractivity contribution in [2.24, 2.45) is 0 Å². The van der Waals surface area contributed by atoms with Gasteiger partial charge in [-0.15, -0.1) is 0 Å². The van der Waals surface area contributed by atoms with Gasteiger partial charge in [-0.05, 0) is 35.2 Å². The van der Waals surface area contributed by atoms with Crippen LogP contribution in [0, 0.1) is 0 Å². The summed E-state index contributed by atoms with van der Waals surface area (Å²) in [7, 11) is 0. The molecule has 0 unspecified atom stereocenters. The van der Waals surface area contributed by atoms with Crippen molar-refractivity contribution in [3.05, 3.63) is 16.6 Å². The number of aryl methyl sites for hydroxylation is 1. The molecule has 2 heterocycles. The van der Waals surface area contributed by atoms with E-state index in [1.54, 1.807) is 0 Å². The first-order chi connectivity index (χ1) is 5.30. The highest BCUT2D eigenvalue weighted by molar-refractivity contribution is 9.10. The summed E-state index contributed by atoms with van der Waals surface area (Å²) < 4.78 is 3.37. The lowest BCUT2D eigenvalue weighted by Crippen LogP contribution is -2.09. The van der Waals surface area contributed by atoms with Crippen molar-refractivity contribution in [2.45, 2.75) is 31.2 Å². The molecule has 1 aliphatic carbocycles. The quantitative estimate of drug-likeness (QED) is 0.645. The molecule has 1 fully saturated rings. The van der Waals surface area contributed by atoms with Gasteiger partial charge < -0.3 is 4.57 Å². The Morgan fingerprint density at radius 2 is 2.27 bits per heavy atom. The molecule has 1 spiro atoms. The second-order valence-electron chi connectivity index (χ2n) is 3.57. The van der Waals surface area contributed by atoms with E-state index in [-0.39, 0.29) is 0 Å². The molecular weight excluding hydrogens is 204 g/mol. The number of rotatable bonds is 0. The van der Waals surface area contributed by atoms with E-state index in [0.29, 0.717) is 5.54 Å². The molecule has 0 saturated heterocycles. The highest BCUT2D eigenvalue weighted by atomic mass is 79.9. The van der Waals surface area contributed by atoms with Crippen LogP contribution in [0.5, 0.6) is 0 Å². The second kappa shape index (κ2) is 1.71. The van der Waals surface area contributed by atoms with Gasteiger partial charge in [0.25, 0.3) is 0 Å². The van der Waals surface area contributed by atoms with E-state index in [1.807, 2.05) is 0 Å². The highest BCUT2D eigenvalue weighted by Gasteiger charge is 2.48. The SMILES string of the molecule is Brc1cn2c(n1)CCC21CC1. The molecule has 0 amide bonds. The third-order valence-electron chi connectivity index (χ3n) is 2.90. The minimum Gasteiger partial charge on any atom is -0.328 e. The highest BCUT2D eigenvalue weighted by Crippen LogP contribution is 2.51. The zero-order valence-corrected chi connectivity index (χ0v) is 7.76. The topological polar surface area (TPSA) is 17.8 Å². The normalized spacial score (nSPS) is 24.1. The Kier molecular flexibility index (Phi) is 0.969. The number of imidazole rings is 1. The molecule has 2 nitrogen and oxygen atoms in total. The van der Waals surface area contributed by atoms with Gasteiger partial charge in [0.2, 0.25) is 0 Å². The van der Waals surface area contributed by atoms with Gasteiger partial charge in [-0.1, -0.05) is 0 Å². The van der Waals surface area contributed by atoms with Crippen LogP contribution in [0.3, 0.4) is 0 Å². The average molecular weight is 213 g/mol. The van der Waals surface area contributed by atoms with Gasteiger partial charge in [0, 0.05) is 18.2 Å². The minimum absolute atomic E-state index is 0.522. The van der Waals surface area contributed by atoms with Gasteiger partial charge in [0.1, 0.15) is 10.4 Å². The largest absolute Gasteiger partial charge is 0.328 e. The summed E-state index contributed by atoms with van der Waals surface area (Å²) in [5.74, 6) is 1.27. The van der Waals surface area contributed by atoms with Crippen LogP contribution in [0.1, 0.15) is 25.1 Å². The summed E-state index contributed by atoms with van der Waals surface area (Å²) in [5, 5.41) is 0. The van der Waals surface area contributed by atoms with Gasteiger partial charge in [-0.3, -0.25) is 0 Å². The van der Waals surface area contributed by atoms with Crippen LogP contribution in [0.25, 0.3) is 0 Å². The van der Waals surface area contributed by atoms with E-state index in [9.17, 15) is 0 Å². The molecule has 2 aliphatic rings. The fourth-order valence-electron chi connectivity index (χ4n) is 2.07. The van der Waals surface area contributed by atoms with Gasteiger partial charge in [-0.25, -0.2) is 4.98 Å². The van der Waals surface area contributed by atoms with Gasteiger partial charge in [0.15, 0.2) is 0 Å². The smallest absolute Gasteiger partial charge is 0.124 e. The van der Waals surface area contributed by atoms with Crippen molar-refractivity contribution < 1.29 is 0 Å². The number of aromatic nitrogens is 2. The summed E-state index contributed by atoms with van der Waals surface area (Å²) in [4.78, 5) is 4.41. The lowest BCUT2D eigenvalue weighted by molar-refractivity contribution is 0.510. The first kappa shape index (κ1) is 6.23. The summed E-state index contributed by atoms with van der Waals surface area (Å²) in [6.07, 6.45) is 7.36. The van der Waals surface area contributed by atoms with E-state index in [1.165, 1.54) is 31.5 Å². The van der Waals surface area contributed by atoms with Crippen molar-refractivity contribution in [1.82, 2.24) is 9.55 Å². The summed E-state index contributed by atoms with van der Waals surface area (Å²) in [6.45, 7) is 0. The van der Waals surface area contributed by atoms with Crippen LogP contribution in [-0.2, 0) is 12.0 Å². The van der Waals surface area contributed by atoms with Crippen molar-refractivity contribution in [2.75, 3.05) is 0 Å². The van der Waals surface area contributed by atoms with E-state index in [2.05, 4.69) is 31.7 Å². The van der Waals surface area contributed by atoms with Crippen LogP contribution in [0.2, 0.25) is 0 Å². The molecule has 1 aromatic rings. The Labute approximate surface area is 73.8 Å². The molecule has 58 valence electrons. The maximum atomic E-state index is 4.41. The molecule has 1 saturated carbocycles. The number of nitrogens with zero attached hydrogens (tertiary/aromatic N) is 2. The summed E-state index contributed by atoms with van der Waals surface area (Å²) in [5.41, 5.74) is 0.522. The van der Waals surface area contributed by atoms with E-state index in [0.717, 1.165) is 4.60 Å². The summed E-state index contributed by atoms with van der Waals surface area (Å²) in [6, 6.07) is 0. The second-order valence-corrected chi connectivity index (χ2v) is 4.39. The van der Waals surface area contributed by atoms with Crippen LogP contribution < -0.4 is 0 Å². The number of hydrogen-bond acceptors (Lipinski definition) is 1. The van der Waals surface area contributed by atoms with Crippen LogP contribution in [0.4, 0.5) is 0 Å². The lowest BCUT2D eigenvalue weighted by Gasteiger charge is -2.07. The predicted molar refractivity (Wildman–Crippen MR) is 45.5 cm³/mol. The molecule has 1 aromatic heterocycles. The zero-order chi connectivity index (χ0) is 7.47. The van der Waals surface area contributed by atoms with Gasteiger partial charge in [0.05, 0.1) is 0 Å². The standard InChI is InChI=1S/C8H9BrN2/c9-6-5-11-7(10-6)1-2-8(11)3-4-8/h5H,1-4H2. The van der Waals surface area contributed by atoms with Crippen molar-refractivity contribution in [3.8, 4) is 0 Å². The Morgan fingerprint density at radius 1 is 1.45 bits per heavy atom. The van der Waals surface area contributed by atoms with Gasteiger partial charge in [-0.2, -0.15) is 0 Å². The van der Waals surface area contributed by atoms with Crippen molar-refractivity contribution in [1.29, 1.82) is 0 Å². The maximum Gasteiger partial charge on any atom is 0.124 e.